The van der Waals surface area contributed by atoms with Gasteiger partial charge in [0.05, 0.1) is 14.2 Å². The third-order valence-corrected chi connectivity index (χ3v) is 2.96. The molecule has 0 bridgehead atoms. The molecule has 0 saturated carbocycles. The van der Waals surface area contributed by atoms with Gasteiger partial charge in [0, 0.05) is 18.4 Å². The van der Waals surface area contributed by atoms with E-state index >= 15 is 0 Å². The molecule has 0 saturated heterocycles. The highest BCUT2D eigenvalue weighted by Gasteiger charge is 2.06. The van der Waals surface area contributed by atoms with Crippen LogP contribution in [0.3, 0.4) is 0 Å². The van der Waals surface area contributed by atoms with E-state index in [0.29, 0.717) is 18.0 Å². The highest BCUT2D eigenvalue weighted by atomic mass is 16.5. The van der Waals surface area contributed by atoms with Gasteiger partial charge in [-0.3, -0.25) is 9.78 Å². The lowest BCUT2D eigenvalue weighted by Crippen LogP contribution is -2.13. The van der Waals surface area contributed by atoms with Gasteiger partial charge < -0.3 is 20.5 Å². The Kier molecular flexibility index (Phi) is 4.61. The molecule has 0 atom stereocenters. The molecule has 0 aliphatic rings. The van der Waals surface area contributed by atoms with E-state index in [2.05, 4.69) is 10.3 Å². The van der Waals surface area contributed by atoms with Gasteiger partial charge in [-0.1, -0.05) is 6.07 Å². The lowest BCUT2D eigenvalue weighted by atomic mass is 10.2. The van der Waals surface area contributed by atoms with E-state index in [4.69, 9.17) is 15.2 Å². The zero-order valence-electron chi connectivity index (χ0n) is 11.9. The molecule has 1 aromatic carbocycles. The van der Waals surface area contributed by atoms with Crippen molar-refractivity contribution in [3.05, 3.63) is 47.8 Å². The Morgan fingerprint density at radius 1 is 1.19 bits per heavy atom. The summed E-state index contributed by atoms with van der Waals surface area (Å²) in [4.78, 5) is 15.0. The second-order valence-corrected chi connectivity index (χ2v) is 4.34. The van der Waals surface area contributed by atoms with Crippen LogP contribution < -0.4 is 20.5 Å². The minimum absolute atomic E-state index is 0.229. The predicted octanol–water partition coefficient (Wildman–Crippen LogP) is 1.81. The van der Waals surface area contributed by atoms with E-state index in [1.165, 1.54) is 6.20 Å². The molecule has 0 radical (unpaired) electrons. The quantitative estimate of drug-likeness (QED) is 0.846. The molecule has 2 rings (SSSR count). The fourth-order valence-electron chi connectivity index (χ4n) is 1.87. The van der Waals surface area contributed by atoms with Crippen LogP contribution in [0.15, 0.2) is 36.5 Å². The van der Waals surface area contributed by atoms with Crippen molar-refractivity contribution in [1.82, 2.24) is 4.98 Å². The number of carbonyl (C=O) groups excluding carboxylic acids is 1. The lowest BCUT2D eigenvalue weighted by Gasteiger charge is -2.11. The van der Waals surface area contributed by atoms with Crippen LogP contribution in [0.4, 0.5) is 5.69 Å². The average Bonchev–Trinajstić information content (AvgIpc) is 2.52. The molecule has 21 heavy (non-hydrogen) atoms. The van der Waals surface area contributed by atoms with Gasteiger partial charge in [-0.2, -0.15) is 0 Å². The summed E-state index contributed by atoms with van der Waals surface area (Å²) in [7, 11) is 3.19. The summed E-state index contributed by atoms with van der Waals surface area (Å²) in [5.41, 5.74) is 7.22. The standard InChI is InChI=1S/C15H17N3O3/c1-20-13-4-3-10(7-14(13)21-2)9-18-11-5-6-17-12(8-11)15(16)19/h3-8H,9H2,1-2H3,(H2,16,19)(H,17,18). The van der Waals surface area contributed by atoms with Crippen LogP contribution >= 0.6 is 0 Å². The summed E-state index contributed by atoms with van der Waals surface area (Å²) < 4.78 is 10.4. The number of nitrogens with one attached hydrogen (secondary N) is 1. The predicted molar refractivity (Wildman–Crippen MR) is 79.6 cm³/mol. The number of benzene rings is 1. The number of hydrogen-bond donors (Lipinski definition) is 2. The van der Waals surface area contributed by atoms with Crippen LogP contribution in [-0.4, -0.2) is 25.1 Å². The maximum Gasteiger partial charge on any atom is 0.267 e. The summed E-state index contributed by atoms with van der Waals surface area (Å²) in [6, 6.07) is 9.06. The van der Waals surface area contributed by atoms with Crippen molar-refractivity contribution in [2.75, 3.05) is 19.5 Å². The first kappa shape index (κ1) is 14.6. The Morgan fingerprint density at radius 2 is 1.95 bits per heavy atom. The second-order valence-electron chi connectivity index (χ2n) is 4.34. The number of carbonyl (C=O) groups is 1. The number of nitrogens with zero attached hydrogens (tertiary/aromatic N) is 1. The van der Waals surface area contributed by atoms with Crippen molar-refractivity contribution in [1.29, 1.82) is 0 Å². The van der Waals surface area contributed by atoms with Crippen molar-refractivity contribution >= 4 is 11.6 Å². The topological polar surface area (TPSA) is 86.5 Å². The van der Waals surface area contributed by atoms with E-state index in [9.17, 15) is 4.79 Å². The minimum Gasteiger partial charge on any atom is -0.493 e. The van der Waals surface area contributed by atoms with Crippen molar-refractivity contribution in [3.63, 3.8) is 0 Å². The SMILES string of the molecule is COc1ccc(CNc2ccnc(C(N)=O)c2)cc1OC. The van der Waals surface area contributed by atoms with Gasteiger partial charge >= 0.3 is 0 Å². The fraction of sp³-hybridized carbons (Fsp3) is 0.200. The molecular weight excluding hydrogens is 270 g/mol. The normalized spacial score (nSPS) is 10.0. The van der Waals surface area contributed by atoms with E-state index in [0.717, 1.165) is 11.3 Å². The highest BCUT2D eigenvalue weighted by molar-refractivity contribution is 5.91. The van der Waals surface area contributed by atoms with Crippen molar-refractivity contribution in [2.24, 2.45) is 5.73 Å². The van der Waals surface area contributed by atoms with Gasteiger partial charge in [-0.15, -0.1) is 0 Å². The minimum atomic E-state index is -0.551. The Morgan fingerprint density at radius 3 is 2.62 bits per heavy atom. The molecule has 1 aromatic heterocycles. The summed E-state index contributed by atoms with van der Waals surface area (Å²) in [5.74, 6) is 0.801. The molecule has 6 nitrogen and oxygen atoms in total. The molecule has 0 fully saturated rings. The van der Waals surface area contributed by atoms with E-state index < -0.39 is 5.91 Å². The number of hydrogen-bond acceptors (Lipinski definition) is 5. The summed E-state index contributed by atoms with van der Waals surface area (Å²) in [5, 5.41) is 3.20. The summed E-state index contributed by atoms with van der Waals surface area (Å²) in [6.07, 6.45) is 1.54. The molecule has 6 heteroatoms. The molecule has 0 aliphatic heterocycles. The lowest BCUT2D eigenvalue weighted by molar-refractivity contribution is 0.0995. The van der Waals surface area contributed by atoms with Gasteiger partial charge in [0.2, 0.25) is 0 Å². The Labute approximate surface area is 122 Å². The zero-order valence-corrected chi connectivity index (χ0v) is 11.9. The molecule has 1 amide bonds. The first-order valence-corrected chi connectivity index (χ1v) is 6.34. The van der Waals surface area contributed by atoms with E-state index in [1.807, 2.05) is 18.2 Å². The van der Waals surface area contributed by atoms with Gasteiger partial charge in [-0.25, -0.2) is 0 Å². The Hall–Kier alpha value is -2.76. The van der Waals surface area contributed by atoms with Gasteiger partial charge in [0.15, 0.2) is 11.5 Å². The molecule has 110 valence electrons. The maximum atomic E-state index is 11.1. The monoisotopic (exact) mass is 287 g/mol. The zero-order chi connectivity index (χ0) is 15.2. The molecule has 1 heterocycles. The smallest absolute Gasteiger partial charge is 0.267 e. The van der Waals surface area contributed by atoms with Crippen LogP contribution in [0.2, 0.25) is 0 Å². The third kappa shape index (κ3) is 3.62. The maximum absolute atomic E-state index is 11.1. The number of amides is 1. The Balaban J connectivity index is 2.09. The molecule has 2 aromatic rings. The Bertz CT molecular complexity index is 644. The van der Waals surface area contributed by atoms with Crippen molar-refractivity contribution < 1.29 is 14.3 Å². The van der Waals surface area contributed by atoms with Gasteiger partial charge in [-0.05, 0) is 29.8 Å². The second kappa shape index (κ2) is 6.60. The number of anilines is 1. The first-order chi connectivity index (χ1) is 10.1. The van der Waals surface area contributed by atoms with Crippen molar-refractivity contribution in [2.45, 2.75) is 6.54 Å². The number of pyridine rings is 1. The van der Waals surface area contributed by atoms with E-state index in [-0.39, 0.29) is 5.69 Å². The van der Waals surface area contributed by atoms with Crippen LogP contribution in [0.5, 0.6) is 11.5 Å². The number of aromatic nitrogens is 1. The molecule has 0 unspecified atom stereocenters. The van der Waals surface area contributed by atoms with Crippen LogP contribution in [0.1, 0.15) is 16.1 Å². The summed E-state index contributed by atoms with van der Waals surface area (Å²) >= 11 is 0. The van der Waals surface area contributed by atoms with Crippen molar-refractivity contribution in [3.8, 4) is 11.5 Å². The van der Waals surface area contributed by atoms with Crippen LogP contribution in [0, 0.1) is 0 Å². The third-order valence-electron chi connectivity index (χ3n) is 2.96. The molecule has 3 N–H and O–H groups in total. The van der Waals surface area contributed by atoms with E-state index in [1.54, 1.807) is 26.4 Å². The average molecular weight is 287 g/mol. The summed E-state index contributed by atoms with van der Waals surface area (Å²) in [6.45, 7) is 0.572. The molecule has 0 spiro atoms. The molecule has 0 aliphatic carbocycles. The number of methoxy groups -OCH3 is 2. The number of nitrogens with two attached hydrogens (primary N) is 1. The molecular formula is C15H17N3O3. The number of ether oxygens (including phenoxy) is 2. The number of rotatable bonds is 6. The largest absolute Gasteiger partial charge is 0.493 e. The highest BCUT2D eigenvalue weighted by Crippen LogP contribution is 2.27. The van der Waals surface area contributed by atoms with Crippen LogP contribution in [-0.2, 0) is 6.54 Å². The van der Waals surface area contributed by atoms with Crippen LogP contribution in [0.25, 0.3) is 0 Å². The first-order valence-electron chi connectivity index (χ1n) is 6.34. The fourth-order valence-corrected chi connectivity index (χ4v) is 1.87. The van der Waals surface area contributed by atoms with Gasteiger partial charge in [0.1, 0.15) is 5.69 Å². The van der Waals surface area contributed by atoms with Gasteiger partial charge in [0.25, 0.3) is 5.91 Å². The number of primary amides is 1.